The van der Waals surface area contributed by atoms with E-state index in [2.05, 4.69) is 112 Å². The molecule has 9 rings (SSSR count). The highest BCUT2D eigenvalue weighted by Crippen LogP contribution is 2.43. The summed E-state index contributed by atoms with van der Waals surface area (Å²) >= 11 is 0. The molecule has 0 bridgehead atoms. The first-order chi connectivity index (χ1) is 22.8. The number of fused-ring (bicyclic) bond motifs is 5. The van der Waals surface area contributed by atoms with Gasteiger partial charge in [-0.2, -0.15) is 9.97 Å². The van der Waals surface area contributed by atoms with Crippen molar-refractivity contribution in [1.82, 2.24) is 23.9 Å². The molecular weight excluding hydrogens is 562 g/mol. The smallest absolute Gasteiger partial charge is 0.238 e. The molecule has 0 saturated heterocycles. The van der Waals surface area contributed by atoms with Crippen LogP contribution in [0.3, 0.4) is 0 Å². The van der Waals surface area contributed by atoms with Crippen LogP contribution in [0.2, 0.25) is 0 Å². The second-order valence-corrected chi connectivity index (χ2v) is 11.3. The van der Waals surface area contributed by atoms with E-state index in [9.17, 15) is 0 Å². The number of hydrogen-bond acceptors (Lipinski definition) is 3. The van der Waals surface area contributed by atoms with E-state index in [1.165, 1.54) is 5.56 Å². The Balaban J connectivity index is 1.44. The van der Waals surface area contributed by atoms with Gasteiger partial charge in [0.1, 0.15) is 0 Å². The van der Waals surface area contributed by atoms with E-state index in [4.69, 9.17) is 15.0 Å². The summed E-state index contributed by atoms with van der Waals surface area (Å²) in [5.41, 5.74) is 9.68. The van der Waals surface area contributed by atoms with Crippen LogP contribution in [0, 0.1) is 0 Å². The number of nitrogens with zero attached hydrogens (tertiary/aromatic N) is 5. The van der Waals surface area contributed by atoms with Crippen LogP contribution >= 0.6 is 0 Å². The Bertz CT molecular complexity index is 2440. The van der Waals surface area contributed by atoms with Gasteiger partial charge in [0.2, 0.25) is 5.95 Å². The molecule has 0 saturated carbocycles. The fraction of sp³-hybridized carbons (Fsp3) is 0. The van der Waals surface area contributed by atoms with Crippen LogP contribution in [0.15, 0.2) is 164 Å². The van der Waals surface area contributed by atoms with Crippen LogP contribution in [-0.4, -0.2) is 23.9 Å². The summed E-state index contributed by atoms with van der Waals surface area (Å²) in [7, 11) is 0. The molecule has 0 aliphatic carbocycles. The molecule has 0 amide bonds. The average Bonchev–Trinajstić information content (AvgIpc) is 3.65. The molecule has 0 aliphatic rings. The molecule has 5 heteroatoms. The molecule has 0 atom stereocenters. The van der Waals surface area contributed by atoms with Gasteiger partial charge in [0.05, 0.1) is 22.2 Å². The maximum Gasteiger partial charge on any atom is 0.238 e. The van der Waals surface area contributed by atoms with Gasteiger partial charge < -0.3 is 4.40 Å². The molecule has 5 aromatic carbocycles. The SMILES string of the molecule is c1ccc(-c2ccc3c(c2)c2c(-c4ccccc4)n4ccccc4c2n3-c2nc(-c3ccccc3)nc(-c3ccccc3)n2)cc1. The molecule has 46 heavy (non-hydrogen) atoms. The molecule has 0 aliphatic heterocycles. The van der Waals surface area contributed by atoms with Gasteiger partial charge in [0.15, 0.2) is 11.6 Å². The number of pyridine rings is 1. The normalized spacial score (nSPS) is 11.5. The molecule has 0 fully saturated rings. The van der Waals surface area contributed by atoms with Crippen molar-refractivity contribution >= 4 is 27.3 Å². The fourth-order valence-corrected chi connectivity index (χ4v) is 6.52. The second kappa shape index (κ2) is 10.7. The number of hydrogen-bond donors (Lipinski definition) is 0. The van der Waals surface area contributed by atoms with Gasteiger partial charge in [-0.1, -0.05) is 133 Å². The average molecular weight is 590 g/mol. The van der Waals surface area contributed by atoms with Gasteiger partial charge >= 0.3 is 0 Å². The first kappa shape index (κ1) is 26.1. The van der Waals surface area contributed by atoms with Crippen molar-refractivity contribution in [1.29, 1.82) is 0 Å². The number of benzene rings is 5. The van der Waals surface area contributed by atoms with Crippen LogP contribution in [0.1, 0.15) is 0 Å². The molecule has 0 radical (unpaired) electrons. The second-order valence-electron chi connectivity index (χ2n) is 11.3. The van der Waals surface area contributed by atoms with E-state index in [1.807, 2.05) is 60.7 Å². The summed E-state index contributed by atoms with van der Waals surface area (Å²) in [5.74, 6) is 1.84. The molecular formula is C41H27N5. The highest BCUT2D eigenvalue weighted by molar-refractivity contribution is 6.21. The number of rotatable bonds is 5. The minimum atomic E-state index is 0.580. The minimum absolute atomic E-state index is 0.580. The monoisotopic (exact) mass is 589 g/mol. The zero-order chi connectivity index (χ0) is 30.5. The van der Waals surface area contributed by atoms with Crippen molar-refractivity contribution in [3.63, 3.8) is 0 Å². The molecule has 0 spiro atoms. The van der Waals surface area contributed by atoms with Crippen molar-refractivity contribution in [3.8, 4) is 51.1 Å². The zero-order valence-corrected chi connectivity index (χ0v) is 24.8. The van der Waals surface area contributed by atoms with E-state index in [-0.39, 0.29) is 0 Å². The summed E-state index contributed by atoms with van der Waals surface area (Å²) in [5, 5.41) is 2.30. The third-order valence-corrected chi connectivity index (χ3v) is 8.59. The lowest BCUT2D eigenvalue weighted by Gasteiger charge is -2.11. The maximum absolute atomic E-state index is 5.17. The van der Waals surface area contributed by atoms with E-state index in [1.54, 1.807) is 0 Å². The standard InChI is InChI=1S/C41H27N5/c1-5-15-28(16-6-1)32-24-25-34-33(27-32)36-37(29-17-7-2-8-18-29)45-26-14-13-23-35(45)38(36)46(34)41-43-39(30-19-9-3-10-20-30)42-40(44-41)31-21-11-4-12-22-31/h1-27H. The van der Waals surface area contributed by atoms with Crippen molar-refractivity contribution in [2.45, 2.75) is 0 Å². The predicted molar refractivity (Wildman–Crippen MR) is 187 cm³/mol. The molecule has 4 heterocycles. The zero-order valence-electron chi connectivity index (χ0n) is 24.8. The molecule has 216 valence electrons. The first-order valence-corrected chi connectivity index (χ1v) is 15.4. The van der Waals surface area contributed by atoms with Gasteiger partial charge in [-0.25, -0.2) is 4.98 Å². The highest BCUT2D eigenvalue weighted by Gasteiger charge is 2.25. The van der Waals surface area contributed by atoms with E-state index in [0.29, 0.717) is 17.6 Å². The van der Waals surface area contributed by atoms with Gasteiger partial charge in [-0.3, -0.25) is 4.57 Å². The van der Waals surface area contributed by atoms with Crippen molar-refractivity contribution in [3.05, 3.63) is 164 Å². The van der Waals surface area contributed by atoms with Gasteiger partial charge in [0, 0.05) is 28.1 Å². The molecule has 5 nitrogen and oxygen atoms in total. The molecule has 9 aromatic rings. The van der Waals surface area contributed by atoms with Gasteiger partial charge in [-0.05, 0) is 41.0 Å². The lowest BCUT2D eigenvalue weighted by molar-refractivity contribution is 0.954. The van der Waals surface area contributed by atoms with Crippen LogP contribution in [0.25, 0.3) is 78.4 Å². The topological polar surface area (TPSA) is 48.0 Å². The van der Waals surface area contributed by atoms with E-state index >= 15 is 0 Å². The molecule has 0 N–H and O–H groups in total. The lowest BCUT2D eigenvalue weighted by Crippen LogP contribution is -2.06. The van der Waals surface area contributed by atoms with Gasteiger partial charge in [-0.15, -0.1) is 0 Å². The van der Waals surface area contributed by atoms with Crippen LogP contribution in [0.4, 0.5) is 0 Å². The van der Waals surface area contributed by atoms with Crippen LogP contribution in [0.5, 0.6) is 0 Å². The Hall–Kier alpha value is -6.33. The predicted octanol–water partition coefficient (Wildman–Crippen LogP) is 9.89. The summed E-state index contributed by atoms with van der Waals surface area (Å²) in [6.07, 6.45) is 2.15. The Morgan fingerprint density at radius 3 is 1.57 bits per heavy atom. The van der Waals surface area contributed by atoms with E-state index < -0.39 is 0 Å². The third-order valence-electron chi connectivity index (χ3n) is 8.59. The number of aromatic nitrogens is 5. The maximum atomic E-state index is 5.17. The highest BCUT2D eigenvalue weighted by atomic mass is 15.2. The minimum Gasteiger partial charge on any atom is -0.314 e. The van der Waals surface area contributed by atoms with Crippen molar-refractivity contribution < 1.29 is 0 Å². The Labute approximate surface area is 265 Å². The third kappa shape index (κ3) is 4.21. The Kier molecular flexibility index (Phi) is 6.06. The quantitative estimate of drug-likeness (QED) is 0.201. The van der Waals surface area contributed by atoms with Crippen LogP contribution < -0.4 is 0 Å². The van der Waals surface area contributed by atoms with Gasteiger partial charge in [0.25, 0.3) is 0 Å². The van der Waals surface area contributed by atoms with Crippen LogP contribution in [-0.2, 0) is 0 Å². The Morgan fingerprint density at radius 2 is 0.957 bits per heavy atom. The fourth-order valence-electron chi connectivity index (χ4n) is 6.52. The molecule has 0 unspecified atom stereocenters. The summed E-state index contributed by atoms with van der Waals surface area (Å²) in [6.45, 7) is 0. The van der Waals surface area contributed by atoms with Crippen molar-refractivity contribution in [2.75, 3.05) is 0 Å². The summed E-state index contributed by atoms with van der Waals surface area (Å²) < 4.78 is 4.52. The lowest BCUT2D eigenvalue weighted by atomic mass is 10.0. The first-order valence-electron chi connectivity index (χ1n) is 15.4. The largest absolute Gasteiger partial charge is 0.314 e. The van der Waals surface area contributed by atoms with Crippen molar-refractivity contribution in [2.24, 2.45) is 0 Å². The summed E-state index contributed by atoms with van der Waals surface area (Å²) in [6, 6.07) is 54.5. The van der Waals surface area contributed by atoms with E-state index in [0.717, 1.165) is 55.3 Å². The Morgan fingerprint density at radius 1 is 0.413 bits per heavy atom. The summed E-state index contributed by atoms with van der Waals surface area (Å²) in [4.78, 5) is 15.3. The molecule has 4 aromatic heterocycles.